The maximum atomic E-state index is 12.0. The fourth-order valence-electron chi connectivity index (χ4n) is 2.37. The maximum Gasteiger partial charge on any atom is 0.338 e. The summed E-state index contributed by atoms with van der Waals surface area (Å²) in [4.78, 5) is 23.8. The lowest BCUT2D eigenvalue weighted by molar-refractivity contribution is -0.124. The van der Waals surface area contributed by atoms with Crippen LogP contribution in [0, 0.1) is 0 Å². The number of carbonyl (C=O) groups is 2. The number of nitrogens with one attached hydrogen (secondary N) is 1. The number of hydrogen-bond acceptors (Lipinski definition) is 3. The molecule has 26 heavy (non-hydrogen) atoms. The Hall–Kier alpha value is -2.33. The van der Waals surface area contributed by atoms with Crippen LogP contribution in [-0.4, -0.2) is 25.0 Å². The van der Waals surface area contributed by atoms with Crippen molar-refractivity contribution in [2.45, 2.75) is 32.6 Å². The van der Waals surface area contributed by atoms with E-state index in [1.807, 2.05) is 36.4 Å². The minimum absolute atomic E-state index is 0.0202. The third-order valence-corrected chi connectivity index (χ3v) is 4.22. The zero-order valence-corrected chi connectivity index (χ0v) is 16.1. The summed E-state index contributed by atoms with van der Waals surface area (Å²) in [6.07, 6.45) is 0.686. The molecule has 0 saturated heterocycles. The van der Waals surface area contributed by atoms with E-state index in [0.29, 0.717) is 23.6 Å². The first kappa shape index (κ1) is 20.0. The van der Waals surface area contributed by atoms with Crippen molar-refractivity contribution < 1.29 is 14.3 Å². The van der Waals surface area contributed by atoms with E-state index < -0.39 is 5.97 Å². The summed E-state index contributed by atoms with van der Waals surface area (Å²) in [6.45, 7) is 6.50. The Labute approximate surface area is 159 Å². The molecule has 5 heteroatoms. The van der Waals surface area contributed by atoms with Gasteiger partial charge in [0.1, 0.15) is 0 Å². The first-order chi connectivity index (χ1) is 12.3. The number of rotatable bonds is 6. The molecule has 2 rings (SSSR count). The van der Waals surface area contributed by atoms with Gasteiger partial charge in [0.25, 0.3) is 5.91 Å². The average Bonchev–Trinajstić information content (AvgIpc) is 2.61. The highest BCUT2D eigenvalue weighted by Crippen LogP contribution is 2.22. The van der Waals surface area contributed by atoms with Crippen molar-refractivity contribution in [3.8, 4) is 0 Å². The molecule has 0 unspecified atom stereocenters. The fraction of sp³-hybridized carbons (Fsp3) is 0.333. The van der Waals surface area contributed by atoms with Gasteiger partial charge in [-0.3, -0.25) is 4.79 Å². The van der Waals surface area contributed by atoms with E-state index in [1.165, 1.54) is 0 Å². The molecule has 0 radical (unpaired) electrons. The average molecular weight is 374 g/mol. The van der Waals surface area contributed by atoms with Crippen molar-refractivity contribution in [3.63, 3.8) is 0 Å². The first-order valence-electron chi connectivity index (χ1n) is 8.54. The summed E-state index contributed by atoms with van der Waals surface area (Å²) in [6, 6.07) is 14.7. The molecule has 0 spiro atoms. The smallest absolute Gasteiger partial charge is 0.338 e. The van der Waals surface area contributed by atoms with E-state index in [4.69, 9.17) is 16.3 Å². The van der Waals surface area contributed by atoms with Gasteiger partial charge in [-0.25, -0.2) is 4.79 Å². The Balaban J connectivity index is 1.74. The Morgan fingerprint density at radius 3 is 2.19 bits per heavy atom. The van der Waals surface area contributed by atoms with Gasteiger partial charge in [0.2, 0.25) is 0 Å². The van der Waals surface area contributed by atoms with Crippen LogP contribution in [0.1, 0.15) is 42.3 Å². The van der Waals surface area contributed by atoms with Gasteiger partial charge in [-0.05, 0) is 47.2 Å². The normalized spacial score (nSPS) is 11.1. The third-order valence-electron chi connectivity index (χ3n) is 3.97. The summed E-state index contributed by atoms with van der Waals surface area (Å²) >= 11 is 5.83. The molecule has 0 aliphatic heterocycles. The number of benzene rings is 2. The second-order valence-electron chi connectivity index (χ2n) is 7.13. The van der Waals surface area contributed by atoms with Crippen LogP contribution in [0.3, 0.4) is 0 Å². The van der Waals surface area contributed by atoms with Gasteiger partial charge in [-0.2, -0.15) is 0 Å². The number of halogens is 1. The second kappa shape index (κ2) is 8.86. The van der Waals surface area contributed by atoms with Crippen molar-refractivity contribution in [2.24, 2.45) is 0 Å². The minimum atomic E-state index is -0.502. The van der Waals surface area contributed by atoms with Crippen LogP contribution in [0.25, 0.3) is 0 Å². The third kappa shape index (κ3) is 6.19. The molecule has 0 saturated carbocycles. The van der Waals surface area contributed by atoms with Gasteiger partial charge in [-0.15, -0.1) is 0 Å². The standard InChI is InChI=1S/C21H24ClNO3/c1-21(2,3)17-8-6-16(7-9-17)20(25)26-14-19(24)23-13-12-15-4-10-18(22)11-5-15/h4-11H,12-14H2,1-3H3,(H,23,24). The molecule has 0 bridgehead atoms. The Kier molecular flexibility index (Phi) is 6.81. The molecule has 0 aromatic heterocycles. The SMILES string of the molecule is CC(C)(C)c1ccc(C(=O)OCC(=O)NCCc2ccc(Cl)cc2)cc1. The maximum absolute atomic E-state index is 12.0. The zero-order valence-electron chi connectivity index (χ0n) is 15.3. The summed E-state index contributed by atoms with van der Waals surface area (Å²) < 4.78 is 5.07. The summed E-state index contributed by atoms with van der Waals surface area (Å²) in [7, 11) is 0. The predicted octanol–water partition coefficient (Wildman–Crippen LogP) is 4.15. The van der Waals surface area contributed by atoms with E-state index in [0.717, 1.165) is 11.1 Å². The largest absolute Gasteiger partial charge is 0.452 e. The first-order valence-corrected chi connectivity index (χ1v) is 8.92. The molecule has 2 aromatic carbocycles. The summed E-state index contributed by atoms with van der Waals surface area (Å²) in [5, 5.41) is 3.41. The van der Waals surface area contributed by atoms with Crippen molar-refractivity contribution >= 4 is 23.5 Å². The molecule has 1 N–H and O–H groups in total. The highest BCUT2D eigenvalue weighted by Gasteiger charge is 2.15. The van der Waals surface area contributed by atoms with Gasteiger partial charge in [0, 0.05) is 11.6 Å². The van der Waals surface area contributed by atoms with Gasteiger partial charge in [-0.1, -0.05) is 56.6 Å². The highest BCUT2D eigenvalue weighted by atomic mass is 35.5. The molecule has 0 aliphatic carbocycles. The monoisotopic (exact) mass is 373 g/mol. The van der Waals surface area contributed by atoms with E-state index in [9.17, 15) is 9.59 Å². The van der Waals surface area contributed by atoms with Crippen molar-refractivity contribution in [1.29, 1.82) is 0 Å². The summed E-state index contributed by atoms with van der Waals surface area (Å²) in [5.41, 5.74) is 2.67. The van der Waals surface area contributed by atoms with Gasteiger partial charge < -0.3 is 10.1 Å². The fourth-order valence-corrected chi connectivity index (χ4v) is 2.50. The second-order valence-corrected chi connectivity index (χ2v) is 7.57. The lowest BCUT2D eigenvalue weighted by Gasteiger charge is -2.18. The van der Waals surface area contributed by atoms with Crippen LogP contribution < -0.4 is 5.32 Å². The topological polar surface area (TPSA) is 55.4 Å². The van der Waals surface area contributed by atoms with Crippen molar-refractivity contribution in [3.05, 3.63) is 70.2 Å². The lowest BCUT2D eigenvalue weighted by Crippen LogP contribution is -2.30. The van der Waals surface area contributed by atoms with Gasteiger partial charge in [0.05, 0.1) is 5.56 Å². The molecular formula is C21H24ClNO3. The Bertz CT molecular complexity index is 746. The van der Waals surface area contributed by atoms with Crippen LogP contribution in [0.5, 0.6) is 0 Å². The number of amides is 1. The molecule has 2 aromatic rings. The van der Waals surface area contributed by atoms with Crippen LogP contribution in [0.15, 0.2) is 48.5 Å². The van der Waals surface area contributed by atoms with Crippen molar-refractivity contribution in [1.82, 2.24) is 5.32 Å². The molecule has 0 atom stereocenters. The Morgan fingerprint density at radius 2 is 1.62 bits per heavy atom. The van der Waals surface area contributed by atoms with E-state index in [2.05, 4.69) is 26.1 Å². The molecule has 138 valence electrons. The number of ether oxygens (including phenoxy) is 1. The zero-order chi connectivity index (χ0) is 19.2. The van der Waals surface area contributed by atoms with Crippen LogP contribution in [0.4, 0.5) is 0 Å². The molecular weight excluding hydrogens is 350 g/mol. The molecule has 0 fully saturated rings. The van der Waals surface area contributed by atoms with E-state index in [-0.39, 0.29) is 17.9 Å². The quantitative estimate of drug-likeness (QED) is 0.774. The minimum Gasteiger partial charge on any atom is -0.452 e. The molecule has 4 nitrogen and oxygen atoms in total. The van der Waals surface area contributed by atoms with Crippen LogP contribution in [0.2, 0.25) is 5.02 Å². The molecule has 0 aliphatic rings. The summed E-state index contributed by atoms with van der Waals surface area (Å²) in [5.74, 6) is -0.822. The van der Waals surface area contributed by atoms with Gasteiger partial charge >= 0.3 is 5.97 Å². The number of esters is 1. The van der Waals surface area contributed by atoms with E-state index in [1.54, 1.807) is 12.1 Å². The van der Waals surface area contributed by atoms with Crippen LogP contribution in [-0.2, 0) is 21.4 Å². The lowest BCUT2D eigenvalue weighted by atomic mass is 9.87. The number of hydrogen-bond donors (Lipinski definition) is 1. The number of carbonyl (C=O) groups excluding carboxylic acids is 2. The highest BCUT2D eigenvalue weighted by molar-refractivity contribution is 6.30. The van der Waals surface area contributed by atoms with E-state index >= 15 is 0 Å². The molecule has 1 amide bonds. The van der Waals surface area contributed by atoms with Crippen LogP contribution >= 0.6 is 11.6 Å². The van der Waals surface area contributed by atoms with Crippen molar-refractivity contribution in [2.75, 3.05) is 13.2 Å². The molecule has 0 heterocycles. The predicted molar refractivity (Wildman–Crippen MR) is 104 cm³/mol. The van der Waals surface area contributed by atoms with Gasteiger partial charge in [0.15, 0.2) is 6.61 Å². The Morgan fingerprint density at radius 1 is 1.00 bits per heavy atom.